The number of hydrogen-bond donors (Lipinski definition) is 0. The molecule has 0 aliphatic heterocycles. The van der Waals surface area contributed by atoms with Gasteiger partial charge in [0.1, 0.15) is 0 Å². The van der Waals surface area contributed by atoms with Crippen molar-refractivity contribution in [2.75, 3.05) is 0 Å². The molecule has 22 heavy (non-hydrogen) atoms. The zero-order chi connectivity index (χ0) is 15.2. The second-order valence-electron chi connectivity index (χ2n) is 6.19. The van der Waals surface area contributed by atoms with Gasteiger partial charge in [-0.3, -0.25) is 4.90 Å². The average Bonchev–Trinajstić information content (AvgIpc) is 3.11. The standard InChI is InChI=1S/C21H25N/c1-2-21(19-13-7-4-8-14-19)22(20-15-9-10-16-20)17-18-11-5-3-6-12-18/h2-8,11-14,20-21H,1,9-10,15-17H2. The first-order chi connectivity index (χ1) is 10.9. The lowest BCUT2D eigenvalue weighted by Crippen LogP contribution is -2.35. The summed E-state index contributed by atoms with van der Waals surface area (Å²) in [7, 11) is 0. The molecule has 0 spiro atoms. The SMILES string of the molecule is C=CC(c1ccccc1)N(Cc1ccccc1)C1CCCC1. The summed E-state index contributed by atoms with van der Waals surface area (Å²) in [5.74, 6) is 0. The fourth-order valence-corrected chi connectivity index (χ4v) is 3.60. The highest BCUT2D eigenvalue weighted by atomic mass is 15.2. The van der Waals surface area contributed by atoms with Gasteiger partial charge in [0.25, 0.3) is 0 Å². The molecule has 0 aromatic heterocycles. The van der Waals surface area contributed by atoms with Gasteiger partial charge in [-0.2, -0.15) is 0 Å². The number of benzene rings is 2. The van der Waals surface area contributed by atoms with E-state index in [2.05, 4.69) is 78.2 Å². The van der Waals surface area contributed by atoms with Crippen molar-refractivity contribution < 1.29 is 0 Å². The van der Waals surface area contributed by atoms with E-state index in [1.807, 2.05) is 0 Å². The van der Waals surface area contributed by atoms with Crippen molar-refractivity contribution >= 4 is 0 Å². The van der Waals surface area contributed by atoms with Gasteiger partial charge in [-0.05, 0) is 24.0 Å². The zero-order valence-electron chi connectivity index (χ0n) is 13.2. The summed E-state index contributed by atoms with van der Waals surface area (Å²) in [5.41, 5.74) is 2.73. The van der Waals surface area contributed by atoms with Gasteiger partial charge in [0.15, 0.2) is 0 Å². The number of rotatable bonds is 6. The summed E-state index contributed by atoms with van der Waals surface area (Å²) in [6.45, 7) is 5.13. The molecule has 114 valence electrons. The van der Waals surface area contributed by atoms with E-state index in [9.17, 15) is 0 Å². The van der Waals surface area contributed by atoms with Gasteiger partial charge < -0.3 is 0 Å². The molecule has 0 radical (unpaired) electrons. The van der Waals surface area contributed by atoms with E-state index in [1.54, 1.807) is 0 Å². The Morgan fingerprint density at radius 3 is 2.14 bits per heavy atom. The molecule has 0 bridgehead atoms. The molecular weight excluding hydrogens is 266 g/mol. The van der Waals surface area contributed by atoms with Crippen LogP contribution in [-0.2, 0) is 6.54 Å². The molecule has 2 aromatic rings. The summed E-state index contributed by atoms with van der Waals surface area (Å²) in [6.07, 6.45) is 7.44. The predicted molar refractivity (Wildman–Crippen MR) is 93.6 cm³/mol. The maximum absolute atomic E-state index is 4.13. The lowest BCUT2D eigenvalue weighted by molar-refractivity contribution is 0.152. The van der Waals surface area contributed by atoms with Crippen LogP contribution in [0.25, 0.3) is 0 Å². The van der Waals surface area contributed by atoms with Gasteiger partial charge in [0, 0.05) is 12.6 Å². The van der Waals surface area contributed by atoms with Crippen molar-refractivity contribution in [3.8, 4) is 0 Å². The third-order valence-corrected chi connectivity index (χ3v) is 4.72. The Morgan fingerprint density at radius 2 is 1.55 bits per heavy atom. The monoisotopic (exact) mass is 291 g/mol. The van der Waals surface area contributed by atoms with Crippen LogP contribution in [0.1, 0.15) is 42.9 Å². The van der Waals surface area contributed by atoms with Crippen molar-refractivity contribution in [2.24, 2.45) is 0 Å². The quantitative estimate of drug-likeness (QED) is 0.648. The second-order valence-corrected chi connectivity index (χ2v) is 6.19. The summed E-state index contributed by atoms with van der Waals surface area (Å²) in [4.78, 5) is 2.64. The summed E-state index contributed by atoms with van der Waals surface area (Å²) >= 11 is 0. The molecule has 1 aliphatic rings. The van der Waals surface area contributed by atoms with Crippen LogP contribution in [0.15, 0.2) is 73.3 Å². The van der Waals surface area contributed by atoms with Crippen LogP contribution in [0, 0.1) is 0 Å². The Bertz CT molecular complexity index is 569. The minimum absolute atomic E-state index is 0.296. The third-order valence-electron chi connectivity index (χ3n) is 4.72. The summed E-state index contributed by atoms with van der Waals surface area (Å²) in [5, 5.41) is 0. The molecule has 1 fully saturated rings. The molecule has 2 aromatic carbocycles. The summed E-state index contributed by atoms with van der Waals surface area (Å²) < 4.78 is 0. The van der Waals surface area contributed by atoms with Gasteiger partial charge >= 0.3 is 0 Å². The minimum atomic E-state index is 0.296. The molecule has 1 saturated carbocycles. The van der Waals surface area contributed by atoms with E-state index in [0.29, 0.717) is 12.1 Å². The molecule has 0 saturated heterocycles. The number of nitrogens with zero attached hydrogens (tertiary/aromatic N) is 1. The van der Waals surface area contributed by atoms with E-state index >= 15 is 0 Å². The number of hydrogen-bond acceptors (Lipinski definition) is 1. The van der Waals surface area contributed by atoms with Crippen molar-refractivity contribution in [1.82, 2.24) is 4.90 Å². The molecule has 1 unspecified atom stereocenters. The third kappa shape index (κ3) is 3.48. The molecule has 3 rings (SSSR count). The zero-order valence-corrected chi connectivity index (χ0v) is 13.2. The smallest absolute Gasteiger partial charge is 0.0535 e. The highest BCUT2D eigenvalue weighted by Crippen LogP contribution is 2.33. The second kappa shape index (κ2) is 7.42. The van der Waals surface area contributed by atoms with Gasteiger partial charge in [-0.1, -0.05) is 79.6 Å². The maximum Gasteiger partial charge on any atom is 0.0535 e. The Balaban J connectivity index is 1.88. The largest absolute Gasteiger partial charge is 0.286 e. The van der Waals surface area contributed by atoms with Crippen LogP contribution in [0.5, 0.6) is 0 Å². The normalized spacial score (nSPS) is 16.8. The Labute approximate surface area is 134 Å². The fourth-order valence-electron chi connectivity index (χ4n) is 3.60. The first-order valence-corrected chi connectivity index (χ1v) is 8.35. The Kier molecular flexibility index (Phi) is 5.07. The van der Waals surface area contributed by atoms with Gasteiger partial charge in [-0.25, -0.2) is 0 Å². The first kappa shape index (κ1) is 15.1. The lowest BCUT2D eigenvalue weighted by Gasteiger charge is -2.35. The minimum Gasteiger partial charge on any atom is -0.286 e. The molecule has 1 nitrogen and oxygen atoms in total. The average molecular weight is 291 g/mol. The van der Waals surface area contributed by atoms with E-state index in [4.69, 9.17) is 0 Å². The molecule has 0 heterocycles. The van der Waals surface area contributed by atoms with E-state index in [1.165, 1.54) is 36.8 Å². The fraction of sp³-hybridized carbons (Fsp3) is 0.333. The molecule has 0 N–H and O–H groups in total. The van der Waals surface area contributed by atoms with Crippen LogP contribution in [-0.4, -0.2) is 10.9 Å². The van der Waals surface area contributed by atoms with Crippen LogP contribution in [0.4, 0.5) is 0 Å². The Morgan fingerprint density at radius 1 is 0.955 bits per heavy atom. The van der Waals surface area contributed by atoms with Crippen LogP contribution in [0.3, 0.4) is 0 Å². The van der Waals surface area contributed by atoms with Crippen molar-refractivity contribution in [2.45, 2.75) is 44.3 Å². The van der Waals surface area contributed by atoms with E-state index in [-0.39, 0.29) is 0 Å². The molecule has 1 heteroatoms. The predicted octanol–water partition coefficient (Wildman–Crippen LogP) is 5.36. The van der Waals surface area contributed by atoms with Gasteiger partial charge in [0.05, 0.1) is 6.04 Å². The molecule has 1 aliphatic carbocycles. The molecule has 1 atom stereocenters. The maximum atomic E-state index is 4.13. The lowest BCUT2D eigenvalue weighted by atomic mass is 10.0. The van der Waals surface area contributed by atoms with E-state index < -0.39 is 0 Å². The molecular formula is C21H25N. The van der Waals surface area contributed by atoms with E-state index in [0.717, 1.165) is 6.54 Å². The van der Waals surface area contributed by atoms with Crippen molar-refractivity contribution in [1.29, 1.82) is 0 Å². The highest BCUT2D eigenvalue weighted by Gasteiger charge is 2.28. The van der Waals surface area contributed by atoms with Crippen LogP contribution >= 0.6 is 0 Å². The Hall–Kier alpha value is -1.86. The van der Waals surface area contributed by atoms with Gasteiger partial charge in [-0.15, -0.1) is 6.58 Å². The van der Waals surface area contributed by atoms with Crippen molar-refractivity contribution in [3.63, 3.8) is 0 Å². The summed E-state index contributed by atoms with van der Waals surface area (Å²) in [6, 6.07) is 22.6. The van der Waals surface area contributed by atoms with Crippen LogP contribution in [0.2, 0.25) is 0 Å². The molecule has 0 amide bonds. The topological polar surface area (TPSA) is 3.24 Å². The van der Waals surface area contributed by atoms with Crippen molar-refractivity contribution in [3.05, 3.63) is 84.4 Å². The van der Waals surface area contributed by atoms with Gasteiger partial charge in [0.2, 0.25) is 0 Å². The van der Waals surface area contributed by atoms with Crippen LogP contribution < -0.4 is 0 Å². The highest BCUT2D eigenvalue weighted by molar-refractivity contribution is 5.24. The first-order valence-electron chi connectivity index (χ1n) is 8.35.